The summed E-state index contributed by atoms with van der Waals surface area (Å²) in [6.07, 6.45) is 3.28. The van der Waals surface area contributed by atoms with Crippen LogP contribution in [0.25, 0.3) is 0 Å². The first-order valence-corrected chi connectivity index (χ1v) is 3.85. The van der Waals surface area contributed by atoms with Crippen molar-refractivity contribution in [2.75, 3.05) is 0 Å². The summed E-state index contributed by atoms with van der Waals surface area (Å²) in [6.45, 7) is 3.77. The summed E-state index contributed by atoms with van der Waals surface area (Å²) in [4.78, 5) is 12.1. The van der Waals surface area contributed by atoms with Crippen molar-refractivity contribution in [1.82, 2.24) is 15.0 Å². The van der Waals surface area contributed by atoms with Gasteiger partial charge in [-0.25, -0.2) is 0 Å². The maximum atomic E-state index is 10.6. The van der Waals surface area contributed by atoms with E-state index in [2.05, 4.69) is 10.2 Å². The Hall–Kier alpha value is -1.19. The number of hydrogen-bond donors (Lipinski definition) is 0. The maximum absolute atomic E-state index is 10.6. The topological polar surface area (TPSA) is 47.8 Å². The SMILES string of the molecule is Cn1ncc(CC(C)(C)C=O)n1. The number of aldehydes is 1. The first kappa shape index (κ1) is 8.90. The molecule has 0 fully saturated rings. The van der Waals surface area contributed by atoms with Gasteiger partial charge in [0.05, 0.1) is 11.9 Å². The van der Waals surface area contributed by atoms with Crippen molar-refractivity contribution < 1.29 is 4.79 Å². The number of carbonyl (C=O) groups is 1. The first-order chi connectivity index (χ1) is 5.53. The van der Waals surface area contributed by atoms with Crippen LogP contribution in [0.1, 0.15) is 19.5 Å². The van der Waals surface area contributed by atoms with Crippen LogP contribution < -0.4 is 0 Å². The molecule has 1 aromatic heterocycles. The highest BCUT2D eigenvalue weighted by atomic mass is 16.1. The van der Waals surface area contributed by atoms with Crippen molar-refractivity contribution in [3.63, 3.8) is 0 Å². The summed E-state index contributed by atoms with van der Waals surface area (Å²) < 4.78 is 0. The van der Waals surface area contributed by atoms with Gasteiger partial charge in [-0.1, -0.05) is 13.8 Å². The van der Waals surface area contributed by atoms with Crippen LogP contribution in [0.4, 0.5) is 0 Å². The lowest BCUT2D eigenvalue weighted by Crippen LogP contribution is -2.16. The number of rotatable bonds is 3. The maximum Gasteiger partial charge on any atom is 0.125 e. The average Bonchev–Trinajstić information content (AvgIpc) is 2.35. The van der Waals surface area contributed by atoms with Gasteiger partial charge in [0, 0.05) is 18.9 Å². The second-order valence-corrected chi connectivity index (χ2v) is 3.61. The van der Waals surface area contributed by atoms with Crippen molar-refractivity contribution in [1.29, 1.82) is 0 Å². The molecule has 4 heteroatoms. The van der Waals surface area contributed by atoms with Crippen LogP contribution in [0.2, 0.25) is 0 Å². The van der Waals surface area contributed by atoms with Gasteiger partial charge in [-0.3, -0.25) is 0 Å². The highest BCUT2D eigenvalue weighted by molar-refractivity contribution is 5.58. The van der Waals surface area contributed by atoms with Crippen LogP contribution in [0, 0.1) is 5.41 Å². The monoisotopic (exact) mass is 167 g/mol. The Balaban J connectivity index is 2.69. The normalized spacial score (nSPS) is 11.6. The Bertz CT molecular complexity index is 278. The first-order valence-electron chi connectivity index (χ1n) is 3.85. The predicted octanol–water partition coefficient (Wildman–Crippen LogP) is 0.583. The van der Waals surface area contributed by atoms with Gasteiger partial charge in [0.1, 0.15) is 6.29 Å². The van der Waals surface area contributed by atoms with E-state index in [9.17, 15) is 4.79 Å². The lowest BCUT2D eigenvalue weighted by molar-refractivity contribution is -0.114. The molecule has 0 aliphatic heterocycles. The Kier molecular flexibility index (Phi) is 2.26. The summed E-state index contributed by atoms with van der Waals surface area (Å²) >= 11 is 0. The average molecular weight is 167 g/mol. The molecule has 1 aromatic rings. The number of hydrogen-bond acceptors (Lipinski definition) is 3. The zero-order valence-electron chi connectivity index (χ0n) is 7.61. The molecule has 0 aliphatic rings. The standard InChI is InChI=1S/C8H13N3O/c1-8(2,6-12)4-7-5-9-11(3)10-7/h5-6H,4H2,1-3H3. The molecule has 0 aromatic carbocycles. The van der Waals surface area contributed by atoms with Gasteiger partial charge < -0.3 is 4.79 Å². The number of aromatic nitrogens is 3. The third-order valence-corrected chi connectivity index (χ3v) is 1.60. The third-order valence-electron chi connectivity index (χ3n) is 1.60. The second kappa shape index (κ2) is 3.05. The number of nitrogens with zero attached hydrogens (tertiary/aromatic N) is 3. The fourth-order valence-corrected chi connectivity index (χ4v) is 0.977. The molecule has 1 heterocycles. The Morgan fingerprint density at radius 2 is 2.33 bits per heavy atom. The lowest BCUT2D eigenvalue weighted by atomic mass is 9.90. The van der Waals surface area contributed by atoms with Gasteiger partial charge in [-0.05, 0) is 0 Å². The van der Waals surface area contributed by atoms with Crippen LogP contribution >= 0.6 is 0 Å². The van der Waals surface area contributed by atoms with Crippen LogP contribution in [-0.2, 0) is 18.3 Å². The second-order valence-electron chi connectivity index (χ2n) is 3.61. The fourth-order valence-electron chi connectivity index (χ4n) is 0.977. The molecule has 0 bridgehead atoms. The van der Waals surface area contributed by atoms with E-state index in [-0.39, 0.29) is 5.41 Å². The Labute approximate surface area is 71.6 Å². The highest BCUT2D eigenvalue weighted by Gasteiger charge is 2.18. The van der Waals surface area contributed by atoms with Crippen molar-refractivity contribution >= 4 is 6.29 Å². The summed E-state index contributed by atoms with van der Waals surface area (Å²) in [6, 6.07) is 0. The van der Waals surface area contributed by atoms with Crippen molar-refractivity contribution in [2.24, 2.45) is 12.5 Å². The predicted molar refractivity (Wildman–Crippen MR) is 44.6 cm³/mol. The molecular formula is C8H13N3O. The van der Waals surface area contributed by atoms with E-state index < -0.39 is 0 Å². The summed E-state index contributed by atoms with van der Waals surface area (Å²) in [5, 5.41) is 8.02. The smallest absolute Gasteiger partial charge is 0.125 e. The summed E-state index contributed by atoms with van der Waals surface area (Å²) in [7, 11) is 1.76. The molecule has 4 nitrogen and oxygen atoms in total. The van der Waals surface area contributed by atoms with Crippen molar-refractivity contribution in [3.05, 3.63) is 11.9 Å². The zero-order chi connectivity index (χ0) is 9.19. The minimum Gasteiger partial charge on any atom is -0.303 e. The molecule has 0 spiro atoms. The Morgan fingerprint density at radius 3 is 2.75 bits per heavy atom. The summed E-state index contributed by atoms with van der Waals surface area (Å²) in [5.41, 5.74) is 0.519. The molecular weight excluding hydrogens is 154 g/mol. The van der Waals surface area contributed by atoms with Gasteiger partial charge in [0.15, 0.2) is 0 Å². The molecule has 0 N–H and O–H groups in total. The van der Waals surface area contributed by atoms with Crippen LogP contribution in [-0.4, -0.2) is 21.3 Å². The molecule has 0 saturated heterocycles. The molecule has 0 amide bonds. The van der Waals surface area contributed by atoms with Gasteiger partial charge >= 0.3 is 0 Å². The molecule has 1 rings (SSSR count). The zero-order valence-corrected chi connectivity index (χ0v) is 7.61. The van der Waals surface area contributed by atoms with E-state index in [4.69, 9.17) is 0 Å². The van der Waals surface area contributed by atoms with Gasteiger partial charge in [-0.15, -0.1) is 0 Å². The van der Waals surface area contributed by atoms with Gasteiger partial charge in [0.25, 0.3) is 0 Å². The van der Waals surface area contributed by atoms with E-state index in [0.717, 1.165) is 12.0 Å². The number of carbonyl (C=O) groups excluding carboxylic acids is 1. The molecule has 0 atom stereocenters. The molecule has 12 heavy (non-hydrogen) atoms. The van der Waals surface area contributed by atoms with E-state index in [0.29, 0.717) is 6.42 Å². The van der Waals surface area contributed by atoms with E-state index in [1.807, 2.05) is 13.8 Å². The molecule has 0 radical (unpaired) electrons. The van der Waals surface area contributed by atoms with E-state index in [1.165, 1.54) is 4.80 Å². The fraction of sp³-hybridized carbons (Fsp3) is 0.625. The van der Waals surface area contributed by atoms with E-state index >= 15 is 0 Å². The van der Waals surface area contributed by atoms with Crippen LogP contribution in [0.15, 0.2) is 6.20 Å². The minimum absolute atomic E-state index is 0.337. The van der Waals surface area contributed by atoms with E-state index in [1.54, 1.807) is 13.2 Å². The minimum atomic E-state index is -0.337. The van der Waals surface area contributed by atoms with Gasteiger partial charge in [0.2, 0.25) is 0 Å². The van der Waals surface area contributed by atoms with Crippen molar-refractivity contribution in [2.45, 2.75) is 20.3 Å². The van der Waals surface area contributed by atoms with Crippen LogP contribution in [0.3, 0.4) is 0 Å². The van der Waals surface area contributed by atoms with Crippen LogP contribution in [0.5, 0.6) is 0 Å². The highest BCUT2D eigenvalue weighted by Crippen LogP contribution is 2.16. The molecule has 0 aliphatic carbocycles. The third kappa shape index (κ3) is 2.15. The lowest BCUT2D eigenvalue weighted by Gasteiger charge is -2.13. The Morgan fingerprint density at radius 1 is 1.67 bits per heavy atom. The molecule has 66 valence electrons. The van der Waals surface area contributed by atoms with Crippen molar-refractivity contribution in [3.8, 4) is 0 Å². The molecule has 0 unspecified atom stereocenters. The number of aryl methyl sites for hydroxylation is 1. The quantitative estimate of drug-likeness (QED) is 0.619. The summed E-state index contributed by atoms with van der Waals surface area (Å²) in [5.74, 6) is 0. The largest absolute Gasteiger partial charge is 0.303 e. The van der Waals surface area contributed by atoms with Gasteiger partial charge in [-0.2, -0.15) is 15.0 Å². The molecule has 0 saturated carbocycles.